The Hall–Kier alpha value is -0.910. The first-order valence-electron chi connectivity index (χ1n) is 7.58. The van der Waals surface area contributed by atoms with Crippen molar-refractivity contribution in [3.8, 4) is 0 Å². The molecule has 0 unspecified atom stereocenters. The van der Waals surface area contributed by atoms with Crippen molar-refractivity contribution in [2.24, 2.45) is 12.0 Å². The van der Waals surface area contributed by atoms with Crippen LogP contribution in [0.25, 0.3) is 0 Å². The quantitative estimate of drug-likeness (QED) is 0.275. The lowest BCUT2D eigenvalue weighted by Gasteiger charge is -2.21. The van der Waals surface area contributed by atoms with Gasteiger partial charge in [-0.3, -0.25) is 0 Å². The first kappa shape index (κ1) is 22.1. The lowest BCUT2D eigenvalue weighted by Crippen LogP contribution is -2.40. The molecular weight excluding hydrogens is 475 g/mol. The minimum Gasteiger partial charge on any atom is -0.383 e. The van der Waals surface area contributed by atoms with E-state index < -0.39 is 0 Å². The van der Waals surface area contributed by atoms with E-state index >= 15 is 0 Å². The van der Waals surface area contributed by atoms with Crippen LogP contribution in [0.4, 0.5) is 0 Å². The fourth-order valence-corrected chi connectivity index (χ4v) is 3.20. The highest BCUT2D eigenvalue weighted by Gasteiger charge is 2.10. The molecule has 0 saturated heterocycles. The molecule has 25 heavy (non-hydrogen) atoms. The summed E-state index contributed by atoms with van der Waals surface area (Å²) in [5.74, 6) is 2.49. The summed E-state index contributed by atoms with van der Waals surface area (Å²) in [6, 6.07) is 3.94. The SMILES string of the molecule is COCCNC(=NCc1nnc(C)n1C)N(C)Cc1ccc(Cl)s1.I. The van der Waals surface area contributed by atoms with Crippen molar-refractivity contribution < 1.29 is 4.74 Å². The van der Waals surface area contributed by atoms with Crippen LogP contribution in [-0.4, -0.2) is 52.9 Å². The number of ether oxygens (including phenoxy) is 1. The van der Waals surface area contributed by atoms with Crippen molar-refractivity contribution in [2.45, 2.75) is 20.0 Å². The molecule has 140 valence electrons. The van der Waals surface area contributed by atoms with Crippen molar-refractivity contribution in [1.29, 1.82) is 0 Å². The van der Waals surface area contributed by atoms with Gasteiger partial charge in [0.05, 0.1) is 17.5 Å². The molecule has 0 saturated carbocycles. The number of methoxy groups -OCH3 is 1. The lowest BCUT2D eigenvalue weighted by molar-refractivity contribution is 0.203. The van der Waals surface area contributed by atoms with Crippen LogP contribution in [0, 0.1) is 6.92 Å². The number of hydrogen-bond donors (Lipinski definition) is 1. The van der Waals surface area contributed by atoms with Gasteiger partial charge in [0.1, 0.15) is 12.4 Å². The maximum absolute atomic E-state index is 6.01. The number of aryl methyl sites for hydroxylation is 1. The number of guanidine groups is 1. The maximum atomic E-state index is 6.01. The molecule has 7 nitrogen and oxygen atoms in total. The van der Waals surface area contributed by atoms with E-state index in [4.69, 9.17) is 16.3 Å². The highest BCUT2D eigenvalue weighted by molar-refractivity contribution is 14.0. The summed E-state index contributed by atoms with van der Waals surface area (Å²) in [6.45, 7) is 4.41. The highest BCUT2D eigenvalue weighted by atomic mass is 127. The molecule has 1 N–H and O–H groups in total. The molecular formula is C15H24ClIN6OS. The largest absolute Gasteiger partial charge is 0.383 e. The van der Waals surface area contributed by atoms with Gasteiger partial charge in [0.2, 0.25) is 0 Å². The molecule has 0 aliphatic rings. The average molecular weight is 499 g/mol. The van der Waals surface area contributed by atoms with Crippen LogP contribution in [0.2, 0.25) is 4.34 Å². The number of hydrogen-bond acceptors (Lipinski definition) is 5. The third-order valence-corrected chi connectivity index (χ3v) is 4.74. The Morgan fingerprint density at radius 1 is 1.44 bits per heavy atom. The smallest absolute Gasteiger partial charge is 0.194 e. The third kappa shape index (κ3) is 6.72. The fourth-order valence-electron chi connectivity index (χ4n) is 2.06. The second kappa shape index (κ2) is 10.9. The molecule has 0 spiro atoms. The number of thiophene rings is 1. The number of aromatic nitrogens is 3. The summed E-state index contributed by atoms with van der Waals surface area (Å²) in [5.41, 5.74) is 0. The summed E-state index contributed by atoms with van der Waals surface area (Å²) in [5, 5.41) is 11.5. The Kier molecular flexibility index (Phi) is 9.69. The fraction of sp³-hybridized carbons (Fsp3) is 0.533. The van der Waals surface area contributed by atoms with Crippen molar-refractivity contribution in [2.75, 3.05) is 27.3 Å². The van der Waals surface area contributed by atoms with Crippen LogP contribution in [-0.2, 0) is 24.9 Å². The Morgan fingerprint density at radius 2 is 2.20 bits per heavy atom. The van der Waals surface area contributed by atoms with E-state index in [0.29, 0.717) is 19.7 Å². The molecule has 0 aliphatic heterocycles. The molecule has 0 amide bonds. The first-order chi connectivity index (χ1) is 11.5. The van der Waals surface area contributed by atoms with E-state index in [1.807, 2.05) is 37.7 Å². The van der Waals surface area contributed by atoms with Crippen molar-refractivity contribution >= 4 is 52.9 Å². The van der Waals surface area contributed by atoms with Gasteiger partial charge < -0.3 is 19.5 Å². The van der Waals surface area contributed by atoms with E-state index in [9.17, 15) is 0 Å². The van der Waals surface area contributed by atoms with Gasteiger partial charge in [0.25, 0.3) is 0 Å². The highest BCUT2D eigenvalue weighted by Crippen LogP contribution is 2.22. The van der Waals surface area contributed by atoms with Crippen LogP contribution in [0.5, 0.6) is 0 Å². The van der Waals surface area contributed by atoms with Crippen LogP contribution in [0.3, 0.4) is 0 Å². The predicted octanol–water partition coefficient (Wildman–Crippen LogP) is 2.68. The second-order valence-electron chi connectivity index (χ2n) is 5.34. The monoisotopic (exact) mass is 498 g/mol. The van der Waals surface area contributed by atoms with Crippen LogP contribution < -0.4 is 5.32 Å². The molecule has 0 fully saturated rings. The molecule has 0 radical (unpaired) electrons. The van der Waals surface area contributed by atoms with Gasteiger partial charge >= 0.3 is 0 Å². The van der Waals surface area contributed by atoms with E-state index in [0.717, 1.165) is 28.5 Å². The third-order valence-electron chi connectivity index (χ3n) is 3.53. The zero-order chi connectivity index (χ0) is 17.5. The standard InChI is InChI=1S/C15H23ClN6OS.HI/c1-11-19-20-14(22(11)3)9-18-15(17-7-8-23-4)21(2)10-12-5-6-13(16)24-12;/h5-6H,7-10H2,1-4H3,(H,17,18);1H. The van der Waals surface area contributed by atoms with Crippen LogP contribution in [0.15, 0.2) is 17.1 Å². The second-order valence-corrected chi connectivity index (χ2v) is 7.14. The molecule has 0 aliphatic carbocycles. The van der Waals surface area contributed by atoms with Crippen molar-refractivity contribution in [3.63, 3.8) is 0 Å². The molecule has 10 heteroatoms. The van der Waals surface area contributed by atoms with Crippen LogP contribution >= 0.6 is 46.9 Å². The number of nitrogens with one attached hydrogen (secondary N) is 1. The number of aliphatic imine (C=N–C) groups is 1. The number of nitrogens with zero attached hydrogens (tertiary/aromatic N) is 5. The summed E-state index contributed by atoms with van der Waals surface area (Å²) in [7, 11) is 5.61. The first-order valence-corrected chi connectivity index (χ1v) is 8.78. The predicted molar refractivity (Wildman–Crippen MR) is 113 cm³/mol. The number of rotatable bonds is 7. The molecule has 0 bridgehead atoms. The normalized spacial score (nSPS) is 11.3. The van der Waals surface area contributed by atoms with Crippen molar-refractivity contribution in [1.82, 2.24) is 25.0 Å². The van der Waals surface area contributed by atoms with Gasteiger partial charge in [-0.15, -0.1) is 45.5 Å². The Balaban J connectivity index is 0.00000312. The lowest BCUT2D eigenvalue weighted by atomic mass is 10.4. The Labute approximate surface area is 174 Å². The zero-order valence-corrected chi connectivity index (χ0v) is 18.7. The Bertz CT molecular complexity index is 689. The molecule has 0 atom stereocenters. The molecule has 2 aromatic heterocycles. The molecule has 0 aromatic carbocycles. The van der Waals surface area contributed by atoms with Crippen LogP contribution in [0.1, 0.15) is 16.5 Å². The minimum atomic E-state index is 0. The van der Waals surface area contributed by atoms with Gasteiger partial charge in [-0.2, -0.15) is 0 Å². The van der Waals surface area contributed by atoms with E-state index in [1.165, 1.54) is 4.88 Å². The van der Waals surface area contributed by atoms with Crippen molar-refractivity contribution in [3.05, 3.63) is 33.0 Å². The zero-order valence-electron chi connectivity index (χ0n) is 14.8. The van der Waals surface area contributed by atoms with Gasteiger partial charge in [-0.05, 0) is 19.1 Å². The minimum absolute atomic E-state index is 0. The van der Waals surface area contributed by atoms with E-state index in [-0.39, 0.29) is 24.0 Å². The van der Waals surface area contributed by atoms with Gasteiger partial charge in [-0.1, -0.05) is 11.6 Å². The molecule has 2 heterocycles. The summed E-state index contributed by atoms with van der Waals surface area (Å²) < 4.78 is 7.83. The topological polar surface area (TPSA) is 67.6 Å². The average Bonchev–Trinajstić information content (AvgIpc) is 3.10. The molecule has 2 aromatic rings. The summed E-state index contributed by atoms with van der Waals surface area (Å²) in [4.78, 5) is 7.90. The van der Waals surface area contributed by atoms with Gasteiger partial charge in [0.15, 0.2) is 11.8 Å². The van der Waals surface area contributed by atoms with E-state index in [1.54, 1.807) is 18.4 Å². The van der Waals surface area contributed by atoms with Gasteiger partial charge in [-0.25, -0.2) is 4.99 Å². The summed E-state index contributed by atoms with van der Waals surface area (Å²) >= 11 is 7.58. The molecule has 2 rings (SSSR count). The Morgan fingerprint density at radius 3 is 2.76 bits per heavy atom. The maximum Gasteiger partial charge on any atom is 0.194 e. The van der Waals surface area contributed by atoms with E-state index in [2.05, 4.69) is 25.4 Å². The van der Waals surface area contributed by atoms with Gasteiger partial charge in [0, 0.05) is 32.6 Å². The summed E-state index contributed by atoms with van der Waals surface area (Å²) in [6.07, 6.45) is 0. The number of halogens is 2.